The normalized spacial score (nSPS) is 14.9. The van der Waals surface area contributed by atoms with Gasteiger partial charge in [-0.25, -0.2) is 13.4 Å². The fourth-order valence-electron chi connectivity index (χ4n) is 3.17. The van der Waals surface area contributed by atoms with Gasteiger partial charge in [-0.15, -0.1) is 11.3 Å². The second kappa shape index (κ2) is 8.10. The van der Waals surface area contributed by atoms with Gasteiger partial charge >= 0.3 is 0 Å². The Hall–Kier alpha value is -2.49. The maximum atomic E-state index is 12.5. The summed E-state index contributed by atoms with van der Waals surface area (Å²) in [7, 11) is -3.69. The number of nitrogens with one attached hydrogen (secondary N) is 1. The Morgan fingerprint density at radius 2 is 1.90 bits per heavy atom. The van der Waals surface area contributed by atoms with E-state index in [2.05, 4.69) is 29.4 Å². The van der Waals surface area contributed by atoms with E-state index in [0.29, 0.717) is 18.2 Å². The van der Waals surface area contributed by atoms with Crippen molar-refractivity contribution in [3.63, 3.8) is 0 Å². The quantitative estimate of drug-likeness (QED) is 0.637. The van der Waals surface area contributed by atoms with Gasteiger partial charge in [-0.05, 0) is 37.0 Å². The third-order valence-electron chi connectivity index (χ3n) is 4.85. The zero-order valence-corrected chi connectivity index (χ0v) is 17.6. The summed E-state index contributed by atoms with van der Waals surface area (Å²) in [6.45, 7) is 3.05. The summed E-state index contributed by atoms with van der Waals surface area (Å²) in [5.41, 5.74) is 2.98. The topological polar surface area (TPSA) is 92.5 Å². The van der Waals surface area contributed by atoms with Crippen molar-refractivity contribution >= 4 is 32.4 Å². The number of rotatable bonds is 6. The van der Waals surface area contributed by atoms with Crippen molar-refractivity contribution in [2.45, 2.75) is 31.3 Å². The van der Waals surface area contributed by atoms with Crippen molar-refractivity contribution in [2.75, 3.05) is 18.4 Å². The molecule has 1 fully saturated rings. The number of amides is 1. The van der Waals surface area contributed by atoms with Gasteiger partial charge in [0.15, 0.2) is 10.9 Å². The summed E-state index contributed by atoms with van der Waals surface area (Å²) < 4.78 is 31.8. The molecule has 0 unspecified atom stereocenters. The molecule has 1 aliphatic heterocycles. The maximum Gasteiger partial charge on any atom is 0.293 e. The van der Waals surface area contributed by atoms with Crippen LogP contribution in [0, 0.1) is 0 Å². The molecule has 3 heterocycles. The van der Waals surface area contributed by atoms with Crippen LogP contribution >= 0.6 is 11.3 Å². The minimum atomic E-state index is -3.69. The lowest BCUT2D eigenvalue weighted by atomic mass is 10.1. The number of furan rings is 1. The second-order valence-corrected chi connectivity index (χ2v) is 9.50. The first-order chi connectivity index (χ1) is 14.0. The first-order valence-electron chi connectivity index (χ1n) is 9.43. The highest BCUT2D eigenvalue weighted by Gasteiger charge is 2.30. The minimum Gasteiger partial charge on any atom is -0.438 e. The Morgan fingerprint density at radius 1 is 1.17 bits per heavy atom. The van der Waals surface area contributed by atoms with E-state index in [-0.39, 0.29) is 10.9 Å². The molecule has 0 radical (unpaired) electrons. The molecule has 1 aliphatic rings. The van der Waals surface area contributed by atoms with E-state index in [1.54, 1.807) is 0 Å². The molecular formula is C20H21N3O4S2. The van der Waals surface area contributed by atoms with Gasteiger partial charge in [0.25, 0.3) is 15.9 Å². The Labute approximate surface area is 173 Å². The highest BCUT2D eigenvalue weighted by Crippen LogP contribution is 2.27. The monoisotopic (exact) mass is 431 g/mol. The molecule has 152 valence electrons. The molecule has 2 aromatic heterocycles. The number of carbonyl (C=O) groups excluding carboxylic acids is 1. The van der Waals surface area contributed by atoms with Gasteiger partial charge in [0.2, 0.25) is 5.09 Å². The molecule has 1 N–H and O–H groups in total. The number of thiazole rings is 1. The van der Waals surface area contributed by atoms with Gasteiger partial charge in [-0.2, -0.15) is 4.31 Å². The van der Waals surface area contributed by atoms with Crippen LogP contribution in [0.5, 0.6) is 0 Å². The van der Waals surface area contributed by atoms with Crippen LogP contribution in [0.25, 0.3) is 11.3 Å². The minimum absolute atomic E-state index is 0.0631. The van der Waals surface area contributed by atoms with Crippen LogP contribution in [0.15, 0.2) is 51.3 Å². The lowest BCUT2D eigenvalue weighted by Crippen LogP contribution is -2.27. The summed E-state index contributed by atoms with van der Waals surface area (Å²) in [5, 5.41) is 4.75. The van der Waals surface area contributed by atoms with Crippen molar-refractivity contribution in [3.8, 4) is 11.3 Å². The molecule has 0 atom stereocenters. The molecule has 3 aromatic rings. The van der Waals surface area contributed by atoms with Crippen LogP contribution in [0.1, 0.15) is 35.9 Å². The number of hydrogen-bond acceptors (Lipinski definition) is 6. The number of nitrogens with zero attached hydrogens (tertiary/aromatic N) is 2. The number of benzene rings is 1. The Balaban J connectivity index is 1.46. The zero-order valence-electron chi connectivity index (χ0n) is 15.9. The summed E-state index contributed by atoms with van der Waals surface area (Å²) in [6, 6.07) is 10.8. The zero-order chi connectivity index (χ0) is 20.4. The van der Waals surface area contributed by atoms with Crippen molar-refractivity contribution in [1.82, 2.24) is 9.29 Å². The van der Waals surface area contributed by atoms with Crippen LogP contribution < -0.4 is 5.32 Å². The molecule has 0 spiro atoms. The average molecular weight is 432 g/mol. The Kier molecular flexibility index (Phi) is 5.53. The summed E-state index contributed by atoms with van der Waals surface area (Å²) in [5.74, 6) is -0.595. The standard InChI is InChI=1S/C20H21N3O4S2/c1-2-14-5-7-15(8-6-14)16-13-28-20(21-16)22-19(24)17-9-10-18(27-17)29(25,26)23-11-3-4-12-23/h5-10,13H,2-4,11-12H2,1H3,(H,21,22,24). The van der Waals surface area contributed by atoms with E-state index >= 15 is 0 Å². The van der Waals surface area contributed by atoms with E-state index in [4.69, 9.17) is 4.42 Å². The van der Waals surface area contributed by atoms with Gasteiger partial charge in [0.1, 0.15) is 0 Å². The van der Waals surface area contributed by atoms with Crippen molar-refractivity contribution in [3.05, 3.63) is 53.1 Å². The van der Waals surface area contributed by atoms with Gasteiger partial charge in [-0.1, -0.05) is 31.2 Å². The third kappa shape index (κ3) is 4.12. The second-order valence-electron chi connectivity index (χ2n) is 6.77. The van der Waals surface area contributed by atoms with Gasteiger partial charge in [0, 0.05) is 24.0 Å². The first kappa shape index (κ1) is 19.8. The van der Waals surface area contributed by atoms with Gasteiger partial charge < -0.3 is 4.42 Å². The average Bonchev–Trinajstić information content (AvgIpc) is 3.49. The molecule has 1 amide bonds. The number of carbonyl (C=O) groups is 1. The van der Waals surface area contributed by atoms with Crippen molar-refractivity contribution in [1.29, 1.82) is 0 Å². The number of aryl methyl sites for hydroxylation is 1. The molecule has 0 aliphatic carbocycles. The van der Waals surface area contributed by atoms with E-state index in [9.17, 15) is 13.2 Å². The van der Waals surface area contributed by atoms with E-state index in [1.165, 1.54) is 33.3 Å². The number of hydrogen-bond donors (Lipinski definition) is 1. The molecule has 1 aromatic carbocycles. The predicted octanol–water partition coefficient (Wildman–Crippen LogP) is 4.00. The largest absolute Gasteiger partial charge is 0.438 e. The summed E-state index contributed by atoms with van der Waals surface area (Å²) in [4.78, 5) is 16.9. The summed E-state index contributed by atoms with van der Waals surface area (Å²) in [6.07, 6.45) is 2.64. The van der Waals surface area contributed by atoms with Crippen LogP contribution in [-0.2, 0) is 16.4 Å². The smallest absolute Gasteiger partial charge is 0.293 e. The number of anilines is 1. The number of aromatic nitrogens is 1. The SMILES string of the molecule is CCc1ccc(-c2csc(NC(=O)c3ccc(S(=O)(=O)N4CCCC4)o3)n2)cc1. The van der Waals surface area contributed by atoms with Crippen LogP contribution in [0.2, 0.25) is 0 Å². The first-order valence-corrected chi connectivity index (χ1v) is 11.8. The highest BCUT2D eigenvalue weighted by atomic mass is 32.2. The molecule has 9 heteroatoms. The summed E-state index contributed by atoms with van der Waals surface area (Å²) >= 11 is 1.30. The van der Waals surface area contributed by atoms with Crippen LogP contribution in [-0.4, -0.2) is 36.7 Å². The third-order valence-corrected chi connectivity index (χ3v) is 7.38. The predicted molar refractivity (Wildman–Crippen MR) is 112 cm³/mol. The maximum absolute atomic E-state index is 12.5. The number of sulfonamides is 1. The van der Waals surface area contributed by atoms with E-state index in [0.717, 1.165) is 30.5 Å². The van der Waals surface area contributed by atoms with Crippen LogP contribution in [0.3, 0.4) is 0 Å². The Bertz CT molecular complexity index is 1110. The molecular weight excluding hydrogens is 410 g/mol. The van der Waals surface area contributed by atoms with Crippen molar-refractivity contribution in [2.24, 2.45) is 0 Å². The lowest BCUT2D eigenvalue weighted by Gasteiger charge is -2.12. The highest BCUT2D eigenvalue weighted by molar-refractivity contribution is 7.89. The van der Waals surface area contributed by atoms with E-state index < -0.39 is 15.9 Å². The molecule has 1 saturated heterocycles. The lowest BCUT2D eigenvalue weighted by molar-refractivity contribution is 0.0991. The van der Waals surface area contributed by atoms with Crippen LogP contribution in [0.4, 0.5) is 5.13 Å². The molecule has 29 heavy (non-hydrogen) atoms. The molecule has 0 saturated carbocycles. The fraction of sp³-hybridized carbons (Fsp3) is 0.300. The van der Waals surface area contributed by atoms with Gasteiger partial charge in [-0.3, -0.25) is 10.1 Å². The molecule has 4 rings (SSSR count). The van der Waals surface area contributed by atoms with E-state index in [1.807, 2.05) is 17.5 Å². The molecule has 0 bridgehead atoms. The fourth-order valence-corrected chi connectivity index (χ4v) is 5.31. The molecule has 7 nitrogen and oxygen atoms in total. The Morgan fingerprint density at radius 3 is 2.59 bits per heavy atom. The van der Waals surface area contributed by atoms with Gasteiger partial charge in [0.05, 0.1) is 5.69 Å². The van der Waals surface area contributed by atoms with Crippen molar-refractivity contribution < 1.29 is 17.6 Å².